The van der Waals surface area contributed by atoms with E-state index in [0.717, 1.165) is 11.1 Å². The number of carbonyl (C=O) groups is 2. The van der Waals surface area contributed by atoms with Crippen LogP contribution in [0.1, 0.15) is 35.3 Å². The first-order valence-electron chi connectivity index (χ1n) is 11.8. The van der Waals surface area contributed by atoms with Crippen molar-refractivity contribution in [2.45, 2.75) is 20.5 Å². The Morgan fingerprint density at radius 3 is 2.58 bits per heavy atom. The monoisotopic (exact) mass is 570 g/mol. The summed E-state index contributed by atoms with van der Waals surface area (Å²) in [6, 6.07) is 16.9. The van der Waals surface area contributed by atoms with Crippen molar-refractivity contribution in [3.8, 4) is 11.5 Å². The number of rotatable bonds is 9. The predicted octanol–water partition coefficient (Wildman–Crippen LogP) is 7.29. The van der Waals surface area contributed by atoms with E-state index >= 15 is 0 Å². The Balaban J connectivity index is 1.57. The number of hydrogen-bond acceptors (Lipinski definition) is 6. The fourth-order valence-electron chi connectivity index (χ4n) is 3.64. The SMILES string of the molecule is CCOc1cc(/C=C2/SC(=Nc3cccc(C(=O)O)c3)N(CC)C2=O)ccc1OCc1ccc(Cl)cc1Cl. The molecule has 3 aromatic carbocycles. The van der Waals surface area contributed by atoms with Crippen molar-refractivity contribution in [3.63, 3.8) is 0 Å². The highest BCUT2D eigenvalue weighted by Crippen LogP contribution is 2.36. The lowest BCUT2D eigenvalue weighted by Gasteiger charge is -2.13. The zero-order valence-corrected chi connectivity index (χ0v) is 22.9. The molecule has 0 radical (unpaired) electrons. The Morgan fingerprint density at radius 1 is 1.05 bits per heavy atom. The summed E-state index contributed by atoms with van der Waals surface area (Å²) in [7, 11) is 0. The number of amides is 1. The highest BCUT2D eigenvalue weighted by molar-refractivity contribution is 8.18. The normalized spacial score (nSPS) is 15.4. The van der Waals surface area contributed by atoms with Gasteiger partial charge in [0.2, 0.25) is 0 Å². The first-order chi connectivity index (χ1) is 18.3. The summed E-state index contributed by atoms with van der Waals surface area (Å²) in [5, 5.41) is 10.8. The lowest BCUT2D eigenvalue weighted by molar-refractivity contribution is -0.122. The number of hydrogen-bond donors (Lipinski definition) is 1. The summed E-state index contributed by atoms with van der Waals surface area (Å²) in [5.74, 6) is -0.138. The molecule has 1 heterocycles. The maximum Gasteiger partial charge on any atom is 0.335 e. The molecule has 0 spiro atoms. The smallest absolute Gasteiger partial charge is 0.335 e. The average Bonchev–Trinajstić information content (AvgIpc) is 3.18. The van der Waals surface area contributed by atoms with E-state index in [2.05, 4.69) is 4.99 Å². The van der Waals surface area contributed by atoms with Crippen LogP contribution in [0, 0.1) is 0 Å². The summed E-state index contributed by atoms with van der Waals surface area (Å²) < 4.78 is 11.8. The number of aromatic carboxylic acids is 1. The minimum absolute atomic E-state index is 0.129. The lowest BCUT2D eigenvalue weighted by Crippen LogP contribution is -2.28. The Labute approximate surface area is 234 Å². The third kappa shape index (κ3) is 6.51. The zero-order chi connectivity index (χ0) is 27.2. The van der Waals surface area contributed by atoms with Gasteiger partial charge in [-0.3, -0.25) is 9.69 Å². The molecule has 0 saturated carbocycles. The fourth-order valence-corrected chi connectivity index (χ4v) is 5.16. The van der Waals surface area contributed by atoms with Crippen LogP contribution >= 0.6 is 35.0 Å². The molecule has 1 aliphatic rings. The number of benzene rings is 3. The van der Waals surface area contributed by atoms with Crippen molar-refractivity contribution in [3.05, 3.63) is 92.3 Å². The molecular weight excluding hydrogens is 547 g/mol. The van der Waals surface area contributed by atoms with E-state index in [1.807, 2.05) is 32.0 Å². The van der Waals surface area contributed by atoms with Crippen molar-refractivity contribution in [1.29, 1.82) is 0 Å². The Morgan fingerprint density at radius 2 is 1.87 bits per heavy atom. The van der Waals surface area contributed by atoms with Crippen LogP contribution in [0.15, 0.2) is 70.6 Å². The number of thioether (sulfide) groups is 1. The summed E-state index contributed by atoms with van der Waals surface area (Å²) in [6.07, 6.45) is 1.77. The van der Waals surface area contributed by atoms with Gasteiger partial charge >= 0.3 is 5.97 Å². The molecule has 0 unspecified atom stereocenters. The second kappa shape index (κ2) is 12.4. The van der Waals surface area contributed by atoms with E-state index in [9.17, 15) is 14.7 Å². The third-order valence-electron chi connectivity index (χ3n) is 5.49. The number of carboxylic acid groups (broad SMARTS) is 1. The van der Waals surface area contributed by atoms with Crippen LogP contribution in [0.3, 0.4) is 0 Å². The zero-order valence-electron chi connectivity index (χ0n) is 20.6. The molecule has 0 atom stereocenters. The Bertz CT molecular complexity index is 1440. The number of likely N-dealkylation sites (N-methyl/N-ethyl adjacent to an activating group) is 1. The van der Waals surface area contributed by atoms with Gasteiger partial charge in [-0.2, -0.15) is 0 Å². The van der Waals surface area contributed by atoms with Crippen molar-refractivity contribution < 1.29 is 24.2 Å². The number of carboxylic acids is 1. The van der Waals surface area contributed by atoms with E-state index in [1.54, 1.807) is 41.3 Å². The highest BCUT2D eigenvalue weighted by Gasteiger charge is 2.32. The molecule has 38 heavy (non-hydrogen) atoms. The van der Waals surface area contributed by atoms with Gasteiger partial charge in [0.1, 0.15) is 6.61 Å². The number of carbonyl (C=O) groups excluding carboxylic acids is 1. The van der Waals surface area contributed by atoms with Gasteiger partial charge in [-0.15, -0.1) is 0 Å². The summed E-state index contributed by atoms with van der Waals surface area (Å²) in [6.45, 7) is 4.82. The van der Waals surface area contributed by atoms with E-state index in [1.165, 1.54) is 23.9 Å². The second-order valence-corrected chi connectivity index (χ2v) is 9.93. The molecule has 3 aromatic rings. The van der Waals surface area contributed by atoms with Crippen LogP contribution in [0.25, 0.3) is 6.08 Å². The van der Waals surface area contributed by atoms with Crippen LogP contribution in [0.5, 0.6) is 11.5 Å². The van der Waals surface area contributed by atoms with Gasteiger partial charge in [0.05, 0.1) is 22.8 Å². The summed E-state index contributed by atoms with van der Waals surface area (Å²) in [5.41, 5.74) is 2.13. The highest BCUT2D eigenvalue weighted by atomic mass is 35.5. The molecule has 7 nitrogen and oxygen atoms in total. The molecule has 1 N–H and O–H groups in total. The molecule has 1 fully saturated rings. The van der Waals surface area contributed by atoms with Crippen LogP contribution in [-0.4, -0.2) is 40.2 Å². The van der Waals surface area contributed by atoms with Crippen molar-refractivity contribution >= 4 is 63.8 Å². The number of amidine groups is 1. The molecule has 0 aliphatic carbocycles. The molecular formula is C28H24Cl2N2O5S. The molecule has 1 amide bonds. The number of ether oxygens (including phenoxy) is 2. The number of nitrogens with zero attached hydrogens (tertiary/aromatic N) is 2. The van der Waals surface area contributed by atoms with Crippen LogP contribution < -0.4 is 9.47 Å². The molecule has 196 valence electrons. The average molecular weight is 571 g/mol. The minimum atomic E-state index is -1.04. The largest absolute Gasteiger partial charge is 0.490 e. The second-order valence-electron chi connectivity index (χ2n) is 8.07. The molecule has 1 aliphatic heterocycles. The van der Waals surface area contributed by atoms with Gasteiger partial charge < -0.3 is 14.6 Å². The van der Waals surface area contributed by atoms with Gasteiger partial charge in [0, 0.05) is 22.2 Å². The van der Waals surface area contributed by atoms with Crippen molar-refractivity contribution in [2.75, 3.05) is 13.2 Å². The maximum absolute atomic E-state index is 13.1. The third-order valence-corrected chi connectivity index (χ3v) is 7.08. The van der Waals surface area contributed by atoms with Gasteiger partial charge in [-0.25, -0.2) is 9.79 Å². The number of halogens is 2. The van der Waals surface area contributed by atoms with Crippen LogP contribution in [0.2, 0.25) is 10.0 Å². The van der Waals surface area contributed by atoms with E-state index in [-0.39, 0.29) is 18.1 Å². The van der Waals surface area contributed by atoms with Gasteiger partial charge in [0.15, 0.2) is 16.7 Å². The number of aliphatic imine (C=N–C) groups is 1. The molecule has 4 rings (SSSR count). The topological polar surface area (TPSA) is 88.4 Å². The maximum atomic E-state index is 13.1. The summed E-state index contributed by atoms with van der Waals surface area (Å²) >= 11 is 13.5. The fraction of sp³-hybridized carbons (Fsp3) is 0.179. The Kier molecular flexibility index (Phi) is 8.99. The predicted molar refractivity (Wildman–Crippen MR) is 152 cm³/mol. The molecule has 1 saturated heterocycles. The Hall–Kier alpha value is -3.46. The van der Waals surface area contributed by atoms with Gasteiger partial charge in [0.25, 0.3) is 5.91 Å². The first-order valence-corrected chi connectivity index (χ1v) is 13.3. The van der Waals surface area contributed by atoms with E-state index < -0.39 is 5.97 Å². The van der Waals surface area contributed by atoms with Crippen LogP contribution in [-0.2, 0) is 11.4 Å². The van der Waals surface area contributed by atoms with E-state index in [4.69, 9.17) is 32.7 Å². The molecule has 10 heteroatoms. The van der Waals surface area contributed by atoms with E-state index in [0.29, 0.717) is 50.5 Å². The summed E-state index contributed by atoms with van der Waals surface area (Å²) in [4.78, 5) is 31.0. The molecule has 0 aromatic heterocycles. The first kappa shape index (κ1) is 27.6. The van der Waals surface area contributed by atoms with Crippen molar-refractivity contribution in [2.24, 2.45) is 4.99 Å². The minimum Gasteiger partial charge on any atom is -0.490 e. The van der Waals surface area contributed by atoms with Gasteiger partial charge in [-0.05, 0) is 79.7 Å². The lowest BCUT2D eigenvalue weighted by atomic mass is 10.1. The molecule has 0 bridgehead atoms. The standard InChI is InChI=1S/C28H24Cl2N2O5S/c1-3-32-26(33)25(38-28(32)31-21-7-5-6-18(14-21)27(34)35)13-17-8-11-23(24(12-17)36-4-2)37-16-19-9-10-20(29)15-22(19)30/h5-15H,3-4,16H2,1-2H3,(H,34,35)/b25-13+,31-28?. The quantitative estimate of drug-likeness (QED) is 0.271. The van der Waals surface area contributed by atoms with Crippen LogP contribution in [0.4, 0.5) is 5.69 Å². The van der Waals surface area contributed by atoms with Crippen molar-refractivity contribution in [1.82, 2.24) is 4.90 Å². The van der Waals surface area contributed by atoms with Gasteiger partial charge in [-0.1, -0.05) is 41.4 Å².